The number of rotatable bonds is 4. The van der Waals surface area contributed by atoms with E-state index in [1.54, 1.807) is 36.4 Å². The van der Waals surface area contributed by atoms with Crippen molar-refractivity contribution in [3.8, 4) is 0 Å². The molecule has 0 aromatic heterocycles. The van der Waals surface area contributed by atoms with Crippen LogP contribution in [0.1, 0.15) is 34.0 Å². The maximum Gasteiger partial charge on any atom is 0.339 e. The first kappa shape index (κ1) is 15.8. The van der Waals surface area contributed by atoms with E-state index in [1.807, 2.05) is 6.07 Å². The summed E-state index contributed by atoms with van der Waals surface area (Å²) in [7, 11) is 0. The minimum absolute atomic E-state index is 0.0773. The molecule has 0 saturated carbocycles. The van der Waals surface area contributed by atoms with Crippen molar-refractivity contribution in [3.05, 3.63) is 69.2 Å². The van der Waals surface area contributed by atoms with E-state index >= 15 is 0 Å². The lowest BCUT2D eigenvalue weighted by Crippen LogP contribution is -2.24. The summed E-state index contributed by atoms with van der Waals surface area (Å²) in [5, 5.41) is 3.81. The number of carbonyl (C=O) groups is 2. The van der Waals surface area contributed by atoms with E-state index in [2.05, 4.69) is 5.32 Å². The zero-order valence-electron chi connectivity index (χ0n) is 12.0. The SMILES string of the molecule is O=C(C[C@@H]1OC(=O)c2ccccc21)NCc1ccc(Cl)cc1Cl. The van der Waals surface area contributed by atoms with Crippen molar-refractivity contribution < 1.29 is 14.3 Å². The Morgan fingerprint density at radius 1 is 1.17 bits per heavy atom. The summed E-state index contributed by atoms with van der Waals surface area (Å²) in [6.07, 6.45) is -0.465. The molecule has 0 aliphatic carbocycles. The van der Waals surface area contributed by atoms with Gasteiger partial charge in [-0.1, -0.05) is 47.5 Å². The van der Waals surface area contributed by atoms with Crippen LogP contribution in [0.25, 0.3) is 0 Å². The molecule has 2 aromatic carbocycles. The molecule has 0 fully saturated rings. The number of amides is 1. The zero-order chi connectivity index (χ0) is 16.4. The first-order valence-electron chi connectivity index (χ1n) is 7.05. The van der Waals surface area contributed by atoms with E-state index in [4.69, 9.17) is 27.9 Å². The quantitative estimate of drug-likeness (QED) is 0.851. The average Bonchev–Trinajstić information content (AvgIpc) is 2.83. The van der Waals surface area contributed by atoms with Gasteiger partial charge in [-0.05, 0) is 23.8 Å². The van der Waals surface area contributed by atoms with E-state index in [-0.39, 0.29) is 24.8 Å². The summed E-state index contributed by atoms with van der Waals surface area (Å²) in [6.45, 7) is 0.289. The number of hydrogen-bond donors (Lipinski definition) is 1. The average molecular weight is 350 g/mol. The maximum absolute atomic E-state index is 12.1. The van der Waals surface area contributed by atoms with Crippen molar-refractivity contribution in [3.63, 3.8) is 0 Å². The van der Waals surface area contributed by atoms with Crippen LogP contribution in [0, 0.1) is 0 Å². The molecule has 1 N–H and O–H groups in total. The molecule has 0 bridgehead atoms. The second kappa shape index (κ2) is 6.60. The lowest BCUT2D eigenvalue weighted by atomic mass is 10.0. The van der Waals surface area contributed by atoms with Crippen LogP contribution in [-0.2, 0) is 16.1 Å². The van der Waals surface area contributed by atoms with Gasteiger partial charge in [0.05, 0.1) is 12.0 Å². The first-order chi connectivity index (χ1) is 11.0. The van der Waals surface area contributed by atoms with Gasteiger partial charge in [-0.2, -0.15) is 0 Å². The number of cyclic esters (lactones) is 1. The molecule has 4 nitrogen and oxygen atoms in total. The van der Waals surface area contributed by atoms with E-state index in [0.717, 1.165) is 11.1 Å². The lowest BCUT2D eigenvalue weighted by Gasteiger charge is -2.11. The van der Waals surface area contributed by atoms with Gasteiger partial charge in [0.15, 0.2) is 0 Å². The molecule has 1 atom stereocenters. The number of esters is 1. The second-order valence-electron chi connectivity index (χ2n) is 5.20. The standard InChI is InChI=1S/C17H13Cl2NO3/c18-11-6-5-10(14(19)7-11)9-20-16(21)8-15-12-3-1-2-4-13(12)17(22)23-15/h1-7,15H,8-9H2,(H,20,21)/t15-/m0/s1. The Balaban J connectivity index is 1.61. The first-order valence-corrected chi connectivity index (χ1v) is 7.80. The van der Waals surface area contributed by atoms with Crippen LogP contribution < -0.4 is 5.32 Å². The van der Waals surface area contributed by atoms with Gasteiger partial charge in [-0.3, -0.25) is 4.79 Å². The Hall–Kier alpha value is -2.04. The van der Waals surface area contributed by atoms with Crippen LogP contribution in [0.2, 0.25) is 10.0 Å². The summed E-state index contributed by atoms with van der Waals surface area (Å²) >= 11 is 11.9. The molecule has 2 aromatic rings. The smallest absolute Gasteiger partial charge is 0.339 e. The molecule has 1 amide bonds. The summed E-state index contributed by atoms with van der Waals surface area (Å²) < 4.78 is 5.25. The van der Waals surface area contributed by atoms with Gasteiger partial charge in [-0.25, -0.2) is 4.79 Å². The van der Waals surface area contributed by atoms with Gasteiger partial charge in [0.1, 0.15) is 6.10 Å². The maximum atomic E-state index is 12.1. The molecular weight excluding hydrogens is 337 g/mol. The third-order valence-electron chi connectivity index (χ3n) is 3.64. The summed E-state index contributed by atoms with van der Waals surface area (Å²) in [4.78, 5) is 23.8. The molecule has 0 spiro atoms. The molecule has 6 heteroatoms. The monoisotopic (exact) mass is 349 g/mol. The highest BCUT2D eigenvalue weighted by Crippen LogP contribution is 2.32. The van der Waals surface area contributed by atoms with Gasteiger partial charge in [0.2, 0.25) is 5.91 Å². The van der Waals surface area contributed by atoms with E-state index in [1.165, 1.54) is 0 Å². The van der Waals surface area contributed by atoms with Crippen LogP contribution in [-0.4, -0.2) is 11.9 Å². The molecule has 0 saturated heterocycles. The van der Waals surface area contributed by atoms with Gasteiger partial charge in [0, 0.05) is 22.2 Å². The van der Waals surface area contributed by atoms with E-state index in [9.17, 15) is 9.59 Å². The fourth-order valence-corrected chi connectivity index (χ4v) is 2.95. The number of nitrogens with one attached hydrogen (secondary N) is 1. The van der Waals surface area contributed by atoms with Crippen molar-refractivity contribution in [1.29, 1.82) is 0 Å². The summed E-state index contributed by atoms with van der Waals surface area (Å²) in [6, 6.07) is 12.2. The fraction of sp³-hybridized carbons (Fsp3) is 0.176. The molecule has 118 valence electrons. The van der Waals surface area contributed by atoms with E-state index in [0.29, 0.717) is 15.6 Å². The van der Waals surface area contributed by atoms with Gasteiger partial charge in [-0.15, -0.1) is 0 Å². The Morgan fingerprint density at radius 2 is 1.96 bits per heavy atom. The highest BCUT2D eigenvalue weighted by atomic mass is 35.5. The number of halogens is 2. The van der Waals surface area contributed by atoms with Crippen LogP contribution >= 0.6 is 23.2 Å². The summed E-state index contributed by atoms with van der Waals surface area (Å²) in [5.41, 5.74) is 2.04. The van der Waals surface area contributed by atoms with Crippen molar-refractivity contribution in [1.82, 2.24) is 5.32 Å². The molecule has 1 heterocycles. The third kappa shape index (κ3) is 3.49. The number of hydrogen-bond acceptors (Lipinski definition) is 3. The normalized spacial score (nSPS) is 15.9. The number of fused-ring (bicyclic) bond motifs is 1. The number of ether oxygens (including phenoxy) is 1. The molecule has 23 heavy (non-hydrogen) atoms. The summed E-state index contributed by atoms with van der Waals surface area (Å²) in [5.74, 6) is -0.607. The molecular formula is C17H13Cl2NO3. The predicted octanol–water partition coefficient (Wildman–Crippen LogP) is 3.91. The molecule has 1 aliphatic heterocycles. The Morgan fingerprint density at radius 3 is 2.74 bits per heavy atom. The Kier molecular flexibility index (Phi) is 4.55. The zero-order valence-corrected chi connectivity index (χ0v) is 13.5. The van der Waals surface area contributed by atoms with Gasteiger partial charge in [0.25, 0.3) is 0 Å². The van der Waals surface area contributed by atoms with Crippen LogP contribution in [0.3, 0.4) is 0 Å². The molecule has 1 aliphatic rings. The Labute approximate surface area is 143 Å². The van der Waals surface area contributed by atoms with Crippen LogP contribution in [0.15, 0.2) is 42.5 Å². The number of benzene rings is 2. The van der Waals surface area contributed by atoms with Crippen LogP contribution in [0.5, 0.6) is 0 Å². The number of carbonyl (C=O) groups excluding carboxylic acids is 2. The highest BCUT2D eigenvalue weighted by Gasteiger charge is 2.31. The predicted molar refractivity (Wildman–Crippen MR) is 87.5 cm³/mol. The topological polar surface area (TPSA) is 55.4 Å². The molecule has 3 rings (SSSR count). The minimum atomic E-state index is -0.542. The van der Waals surface area contributed by atoms with Gasteiger partial charge >= 0.3 is 5.97 Å². The molecule has 0 radical (unpaired) electrons. The van der Waals surface area contributed by atoms with Gasteiger partial charge < -0.3 is 10.1 Å². The van der Waals surface area contributed by atoms with Crippen LogP contribution in [0.4, 0.5) is 0 Å². The highest BCUT2D eigenvalue weighted by molar-refractivity contribution is 6.35. The molecule has 0 unspecified atom stereocenters. The van der Waals surface area contributed by atoms with Crippen molar-refractivity contribution in [2.75, 3.05) is 0 Å². The Bertz CT molecular complexity index is 776. The van der Waals surface area contributed by atoms with Crippen molar-refractivity contribution in [2.24, 2.45) is 0 Å². The minimum Gasteiger partial charge on any atom is -0.453 e. The second-order valence-corrected chi connectivity index (χ2v) is 6.04. The third-order valence-corrected chi connectivity index (χ3v) is 4.23. The largest absolute Gasteiger partial charge is 0.453 e. The lowest BCUT2D eigenvalue weighted by molar-refractivity contribution is -0.123. The van der Waals surface area contributed by atoms with E-state index < -0.39 is 6.10 Å². The fourth-order valence-electron chi connectivity index (χ4n) is 2.47. The van der Waals surface area contributed by atoms with Crippen molar-refractivity contribution in [2.45, 2.75) is 19.1 Å². The van der Waals surface area contributed by atoms with Crippen molar-refractivity contribution >= 4 is 35.1 Å².